The Kier molecular flexibility index (Phi) is 5.25. The lowest BCUT2D eigenvalue weighted by atomic mass is 10.1. The van der Waals surface area contributed by atoms with Crippen molar-refractivity contribution in [3.63, 3.8) is 0 Å². The highest BCUT2D eigenvalue weighted by Gasteiger charge is 2.16. The summed E-state index contributed by atoms with van der Waals surface area (Å²) in [5.41, 5.74) is 0.981. The molecular formula is C17H24N4O2. The van der Waals surface area contributed by atoms with E-state index in [9.17, 15) is 9.90 Å². The van der Waals surface area contributed by atoms with E-state index in [0.29, 0.717) is 6.54 Å². The van der Waals surface area contributed by atoms with Gasteiger partial charge in [0.1, 0.15) is 6.54 Å². The van der Waals surface area contributed by atoms with Crippen LogP contribution in [-0.2, 0) is 11.3 Å². The van der Waals surface area contributed by atoms with Crippen LogP contribution in [-0.4, -0.2) is 58.0 Å². The van der Waals surface area contributed by atoms with Gasteiger partial charge in [0.15, 0.2) is 0 Å². The zero-order valence-electron chi connectivity index (χ0n) is 13.3. The topological polar surface area (TPSA) is 70.4 Å². The van der Waals surface area contributed by atoms with E-state index >= 15 is 0 Å². The number of aliphatic hydroxyl groups excluding tert-OH is 1. The average molecular weight is 316 g/mol. The number of hydrogen-bond acceptors (Lipinski definition) is 4. The van der Waals surface area contributed by atoms with Gasteiger partial charge in [-0.2, -0.15) is 5.10 Å². The number of benzene rings is 1. The van der Waals surface area contributed by atoms with Crippen LogP contribution in [0.4, 0.5) is 0 Å². The van der Waals surface area contributed by atoms with E-state index in [1.165, 1.54) is 0 Å². The van der Waals surface area contributed by atoms with Gasteiger partial charge in [0.25, 0.3) is 0 Å². The molecule has 0 aliphatic carbocycles. The van der Waals surface area contributed by atoms with Crippen molar-refractivity contribution in [1.29, 1.82) is 0 Å². The molecule has 1 aromatic carbocycles. The summed E-state index contributed by atoms with van der Waals surface area (Å²) in [7, 11) is 0. The summed E-state index contributed by atoms with van der Waals surface area (Å²) in [4.78, 5) is 14.4. The number of para-hydroxylation sites is 1. The molecule has 2 heterocycles. The Hall–Kier alpha value is -1.92. The number of carbonyl (C=O) groups excluding carboxylic acids is 1. The number of piperidine rings is 1. The number of aliphatic hydroxyl groups is 1. The van der Waals surface area contributed by atoms with Crippen LogP contribution in [0.25, 0.3) is 10.9 Å². The monoisotopic (exact) mass is 316 g/mol. The number of hydrogen-bond donors (Lipinski definition) is 2. The van der Waals surface area contributed by atoms with E-state index < -0.39 is 0 Å². The summed E-state index contributed by atoms with van der Waals surface area (Å²) in [6.07, 6.45) is 4.31. The molecule has 0 atom stereocenters. The molecule has 124 valence electrons. The highest BCUT2D eigenvalue weighted by Crippen LogP contribution is 2.12. The molecule has 6 nitrogen and oxygen atoms in total. The fourth-order valence-electron chi connectivity index (χ4n) is 3.02. The molecular weight excluding hydrogens is 292 g/mol. The zero-order valence-corrected chi connectivity index (χ0v) is 13.3. The van der Waals surface area contributed by atoms with E-state index in [-0.39, 0.29) is 18.6 Å². The van der Waals surface area contributed by atoms with Crippen LogP contribution in [0.2, 0.25) is 0 Å². The molecule has 2 aromatic rings. The Labute approximate surface area is 136 Å². The highest BCUT2D eigenvalue weighted by atomic mass is 16.3. The Bertz CT molecular complexity index is 647. The summed E-state index contributed by atoms with van der Waals surface area (Å²) in [6, 6.07) is 7.88. The number of carbonyl (C=O) groups is 1. The molecule has 23 heavy (non-hydrogen) atoms. The maximum Gasteiger partial charge on any atom is 0.241 e. The van der Waals surface area contributed by atoms with Gasteiger partial charge < -0.3 is 15.3 Å². The predicted molar refractivity (Wildman–Crippen MR) is 89.0 cm³/mol. The van der Waals surface area contributed by atoms with Crippen molar-refractivity contribution in [2.24, 2.45) is 0 Å². The molecule has 0 unspecified atom stereocenters. The molecule has 0 radical (unpaired) electrons. The third-order valence-electron chi connectivity index (χ3n) is 4.37. The fourth-order valence-corrected chi connectivity index (χ4v) is 3.02. The first-order chi connectivity index (χ1) is 11.2. The van der Waals surface area contributed by atoms with E-state index in [4.69, 9.17) is 0 Å². The van der Waals surface area contributed by atoms with Gasteiger partial charge in [-0.15, -0.1) is 0 Å². The van der Waals surface area contributed by atoms with Gasteiger partial charge >= 0.3 is 0 Å². The van der Waals surface area contributed by atoms with Gasteiger partial charge in [-0.05, 0) is 31.9 Å². The Morgan fingerprint density at radius 2 is 2.09 bits per heavy atom. The second kappa shape index (κ2) is 7.57. The normalized spacial score (nSPS) is 16.7. The maximum absolute atomic E-state index is 12.0. The second-order valence-electron chi connectivity index (χ2n) is 6.14. The van der Waals surface area contributed by atoms with E-state index in [1.54, 1.807) is 10.9 Å². The molecule has 0 bridgehead atoms. The molecule has 1 aliphatic rings. The standard InChI is InChI=1S/C17H24N4O2/c22-15-6-10-20(11-7-15)9-3-8-18-17(23)13-21-16-5-2-1-4-14(16)12-19-21/h1-2,4-5,12,15,22H,3,6-11,13H2,(H,18,23). The molecule has 6 heteroatoms. The number of nitrogens with one attached hydrogen (secondary N) is 1. The second-order valence-corrected chi connectivity index (χ2v) is 6.14. The van der Waals surface area contributed by atoms with Gasteiger partial charge in [0.05, 0.1) is 17.8 Å². The minimum atomic E-state index is -0.130. The number of nitrogens with zero attached hydrogens (tertiary/aromatic N) is 3. The lowest BCUT2D eigenvalue weighted by Crippen LogP contribution is -2.38. The van der Waals surface area contributed by atoms with Gasteiger partial charge in [0, 0.05) is 25.0 Å². The zero-order chi connectivity index (χ0) is 16.1. The summed E-state index contributed by atoms with van der Waals surface area (Å²) in [5.74, 6) is -0.00656. The number of rotatable bonds is 6. The Morgan fingerprint density at radius 1 is 1.30 bits per heavy atom. The lowest BCUT2D eigenvalue weighted by molar-refractivity contribution is -0.121. The first kappa shape index (κ1) is 16.0. The van der Waals surface area contributed by atoms with Crippen LogP contribution in [0.1, 0.15) is 19.3 Å². The van der Waals surface area contributed by atoms with Crippen molar-refractivity contribution in [3.05, 3.63) is 30.5 Å². The van der Waals surface area contributed by atoms with Crippen LogP contribution in [0, 0.1) is 0 Å². The SMILES string of the molecule is O=C(Cn1ncc2ccccc21)NCCCN1CCC(O)CC1. The third kappa shape index (κ3) is 4.30. The van der Waals surface area contributed by atoms with Crippen molar-refractivity contribution >= 4 is 16.8 Å². The van der Waals surface area contributed by atoms with Crippen LogP contribution in [0.15, 0.2) is 30.5 Å². The summed E-state index contributed by atoms with van der Waals surface area (Å²) < 4.78 is 1.73. The van der Waals surface area contributed by atoms with Gasteiger partial charge in [-0.25, -0.2) is 0 Å². The van der Waals surface area contributed by atoms with E-state index in [1.807, 2.05) is 24.3 Å². The van der Waals surface area contributed by atoms with E-state index in [2.05, 4.69) is 15.3 Å². The number of likely N-dealkylation sites (tertiary alicyclic amines) is 1. The van der Waals surface area contributed by atoms with Crippen LogP contribution < -0.4 is 5.32 Å². The van der Waals surface area contributed by atoms with Crippen LogP contribution in [0.5, 0.6) is 0 Å². The van der Waals surface area contributed by atoms with Gasteiger partial charge in [-0.1, -0.05) is 18.2 Å². The summed E-state index contributed by atoms with van der Waals surface area (Å²) in [6.45, 7) is 3.81. The molecule has 1 aromatic heterocycles. The largest absolute Gasteiger partial charge is 0.393 e. The Balaban J connectivity index is 1.38. The van der Waals surface area contributed by atoms with E-state index in [0.717, 1.165) is 49.8 Å². The molecule has 0 spiro atoms. The van der Waals surface area contributed by atoms with Crippen molar-refractivity contribution in [3.8, 4) is 0 Å². The highest BCUT2D eigenvalue weighted by molar-refractivity contribution is 5.81. The minimum Gasteiger partial charge on any atom is -0.393 e. The van der Waals surface area contributed by atoms with Gasteiger partial charge in [-0.3, -0.25) is 9.48 Å². The Morgan fingerprint density at radius 3 is 2.91 bits per heavy atom. The molecule has 3 rings (SSSR count). The molecule has 1 amide bonds. The third-order valence-corrected chi connectivity index (χ3v) is 4.37. The fraction of sp³-hybridized carbons (Fsp3) is 0.529. The molecule has 2 N–H and O–H groups in total. The van der Waals surface area contributed by atoms with Crippen molar-refractivity contribution in [2.45, 2.75) is 31.9 Å². The molecule has 0 saturated carbocycles. The first-order valence-corrected chi connectivity index (χ1v) is 8.30. The van der Waals surface area contributed by atoms with Crippen molar-refractivity contribution < 1.29 is 9.90 Å². The van der Waals surface area contributed by atoms with Crippen LogP contribution >= 0.6 is 0 Å². The van der Waals surface area contributed by atoms with Crippen molar-refractivity contribution in [1.82, 2.24) is 20.0 Å². The van der Waals surface area contributed by atoms with Crippen LogP contribution in [0.3, 0.4) is 0 Å². The molecule has 1 saturated heterocycles. The van der Waals surface area contributed by atoms with Crippen molar-refractivity contribution in [2.75, 3.05) is 26.2 Å². The smallest absolute Gasteiger partial charge is 0.241 e. The molecule has 1 fully saturated rings. The summed E-state index contributed by atoms with van der Waals surface area (Å²) >= 11 is 0. The minimum absolute atomic E-state index is 0.00656. The average Bonchev–Trinajstić information content (AvgIpc) is 2.96. The molecule has 1 aliphatic heterocycles. The number of amides is 1. The van der Waals surface area contributed by atoms with Gasteiger partial charge in [0.2, 0.25) is 5.91 Å². The first-order valence-electron chi connectivity index (χ1n) is 8.30. The summed E-state index contributed by atoms with van der Waals surface area (Å²) in [5, 5.41) is 17.8. The number of aromatic nitrogens is 2. The number of fused-ring (bicyclic) bond motifs is 1. The lowest BCUT2D eigenvalue weighted by Gasteiger charge is -2.29. The maximum atomic E-state index is 12.0. The quantitative estimate of drug-likeness (QED) is 0.780. The predicted octanol–water partition coefficient (Wildman–Crippen LogP) is 0.999.